The van der Waals surface area contributed by atoms with Gasteiger partial charge in [0.2, 0.25) is 0 Å². The summed E-state index contributed by atoms with van der Waals surface area (Å²) in [5, 5.41) is 0.0418. The van der Waals surface area contributed by atoms with Crippen LogP contribution in [0.25, 0.3) is 0 Å². The highest BCUT2D eigenvalue weighted by atomic mass is 79.9. The first-order valence-electron chi connectivity index (χ1n) is 5.71. The summed E-state index contributed by atoms with van der Waals surface area (Å²) in [5.41, 5.74) is -0.542. The molecule has 0 atom stereocenters. The number of ether oxygens (including phenoxy) is 1. The van der Waals surface area contributed by atoms with Crippen molar-refractivity contribution in [3.63, 3.8) is 0 Å². The van der Waals surface area contributed by atoms with Gasteiger partial charge in [-0.2, -0.15) is 13.2 Å². The van der Waals surface area contributed by atoms with Gasteiger partial charge in [-0.05, 0) is 29.8 Å². The Kier molecular flexibility index (Phi) is 4.78. The van der Waals surface area contributed by atoms with E-state index in [1.165, 1.54) is 24.3 Å². The largest absolute Gasteiger partial charge is 0.454 e. The van der Waals surface area contributed by atoms with Crippen molar-refractivity contribution in [2.75, 3.05) is 0 Å². The van der Waals surface area contributed by atoms with Crippen LogP contribution in [-0.4, -0.2) is 0 Å². The van der Waals surface area contributed by atoms with E-state index in [1.807, 2.05) is 0 Å². The molecule has 1 nitrogen and oxygen atoms in total. The predicted octanol–water partition coefficient (Wildman–Crippen LogP) is 6.19. The second-order valence-electron chi connectivity index (χ2n) is 4.12. The van der Waals surface area contributed by atoms with Crippen LogP contribution < -0.4 is 4.74 Å². The lowest BCUT2D eigenvalue weighted by Crippen LogP contribution is -2.08. The predicted molar refractivity (Wildman–Crippen MR) is 75.6 cm³/mol. The molecule has 2 aromatic carbocycles. The van der Waals surface area contributed by atoms with Crippen LogP contribution in [0.3, 0.4) is 0 Å². The Morgan fingerprint density at radius 3 is 2.43 bits per heavy atom. The van der Waals surface area contributed by atoms with E-state index in [4.69, 9.17) is 16.3 Å². The molecule has 0 spiro atoms. The van der Waals surface area contributed by atoms with Gasteiger partial charge in [0.15, 0.2) is 11.6 Å². The highest BCUT2D eigenvalue weighted by Gasteiger charge is 2.35. The van der Waals surface area contributed by atoms with Crippen molar-refractivity contribution in [1.29, 1.82) is 0 Å². The third kappa shape index (κ3) is 3.68. The van der Waals surface area contributed by atoms with Gasteiger partial charge in [0.1, 0.15) is 5.75 Å². The second-order valence-corrected chi connectivity index (χ2v) is 5.08. The van der Waals surface area contributed by atoms with Crippen LogP contribution in [0.5, 0.6) is 11.5 Å². The summed E-state index contributed by atoms with van der Waals surface area (Å²) in [5.74, 6) is -1.75. The maximum Gasteiger partial charge on any atom is 0.419 e. The molecule has 0 radical (unpaired) electrons. The smallest absolute Gasteiger partial charge is 0.419 e. The number of hydrogen-bond donors (Lipinski definition) is 0. The van der Waals surface area contributed by atoms with Crippen LogP contribution in [0, 0.1) is 5.82 Å². The lowest BCUT2D eigenvalue weighted by Gasteiger charge is -2.15. The fourth-order valence-corrected chi connectivity index (χ4v) is 2.17. The van der Waals surface area contributed by atoms with E-state index >= 15 is 0 Å². The highest BCUT2D eigenvalue weighted by molar-refractivity contribution is 9.08. The summed E-state index contributed by atoms with van der Waals surface area (Å²) in [4.78, 5) is 0. The Balaban J connectivity index is 2.46. The van der Waals surface area contributed by atoms with Gasteiger partial charge in [-0.3, -0.25) is 0 Å². The summed E-state index contributed by atoms with van der Waals surface area (Å²) < 4.78 is 57.9. The highest BCUT2D eigenvalue weighted by Crippen LogP contribution is 2.40. The van der Waals surface area contributed by atoms with Crippen LogP contribution in [-0.2, 0) is 11.5 Å². The molecule has 2 rings (SSSR count). The molecule has 21 heavy (non-hydrogen) atoms. The van der Waals surface area contributed by atoms with Crippen LogP contribution in [0.15, 0.2) is 36.4 Å². The van der Waals surface area contributed by atoms with Gasteiger partial charge in [-0.1, -0.05) is 39.7 Å². The van der Waals surface area contributed by atoms with Crippen LogP contribution in [0.2, 0.25) is 5.02 Å². The number of benzene rings is 2. The Morgan fingerprint density at radius 1 is 1.10 bits per heavy atom. The van der Waals surface area contributed by atoms with Crippen LogP contribution in [0.1, 0.15) is 11.1 Å². The zero-order chi connectivity index (χ0) is 15.6. The van der Waals surface area contributed by atoms with Gasteiger partial charge in [-0.25, -0.2) is 4.39 Å². The first-order valence-corrected chi connectivity index (χ1v) is 7.21. The topological polar surface area (TPSA) is 9.23 Å². The average Bonchev–Trinajstić information content (AvgIpc) is 2.43. The quantitative estimate of drug-likeness (QED) is 0.454. The minimum absolute atomic E-state index is 0.224. The molecule has 0 aliphatic heterocycles. The average molecular weight is 384 g/mol. The standard InChI is InChI=1S/C14H8BrClF4O/c15-7-8-4-5-11(9(6-8)14(18,19)20)21-12-3-1-2-10(16)13(12)17/h1-6H,7H2. The molecule has 0 aromatic heterocycles. The normalized spacial score (nSPS) is 11.5. The third-order valence-electron chi connectivity index (χ3n) is 2.64. The first kappa shape index (κ1) is 16.1. The molecule has 0 amide bonds. The fourth-order valence-electron chi connectivity index (χ4n) is 1.65. The molecule has 0 bridgehead atoms. The van der Waals surface area contributed by atoms with Crippen molar-refractivity contribution >= 4 is 27.5 Å². The SMILES string of the molecule is Fc1c(Cl)cccc1Oc1ccc(CBr)cc1C(F)(F)F. The van der Waals surface area contributed by atoms with Crippen molar-refractivity contribution in [3.8, 4) is 11.5 Å². The van der Waals surface area contributed by atoms with Gasteiger partial charge in [-0.15, -0.1) is 0 Å². The van der Waals surface area contributed by atoms with Crippen molar-refractivity contribution in [3.05, 3.63) is 58.4 Å². The van der Waals surface area contributed by atoms with Crippen molar-refractivity contribution in [1.82, 2.24) is 0 Å². The summed E-state index contributed by atoms with van der Waals surface area (Å²) in [7, 11) is 0. The molecule has 0 aliphatic rings. The van der Waals surface area contributed by atoms with Crippen molar-refractivity contribution < 1.29 is 22.3 Å². The minimum atomic E-state index is -4.61. The van der Waals surface area contributed by atoms with E-state index in [1.54, 1.807) is 0 Å². The maximum absolute atomic E-state index is 13.7. The Morgan fingerprint density at radius 2 is 1.81 bits per heavy atom. The number of hydrogen-bond acceptors (Lipinski definition) is 1. The van der Waals surface area contributed by atoms with E-state index < -0.39 is 23.3 Å². The van der Waals surface area contributed by atoms with E-state index in [-0.39, 0.29) is 16.1 Å². The molecule has 0 saturated carbocycles. The van der Waals surface area contributed by atoms with Gasteiger partial charge in [0.25, 0.3) is 0 Å². The number of rotatable bonds is 3. The molecule has 0 saturated heterocycles. The second kappa shape index (κ2) is 6.23. The van der Waals surface area contributed by atoms with Crippen molar-refractivity contribution in [2.24, 2.45) is 0 Å². The Hall–Kier alpha value is -1.27. The molecular weight excluding hydrogens is 376 g/mol. The Labute approximate surface area is 131 Å². The maximum atomic E-state index is 13.7. The molecule has 0 heterocycles. The zero-order valence-corrected chi connectivity index (χ0v) is 12.7. The minimum Gasteiger partial charge on any atom is -0.454 e. The van der Waals surface area contributed by atoms with Gasteiger partial charge < -0.3 is 4.74 Å². The Bertz CT molecular complexity index is 658. The molecule has 112 valence electrons. The summed E-state index contributed by atoms with van der Waals surface area (Å²) in [6, 6.07) is 7.44. The van der Waals surface area contributed by atoms with Gasteiger partial charge in [0, 0.05) is 5.33 Å². The van der Waals surface area contributed by atoms with Crippen molar-refractivity contribution in [2.45, 2.75) is 11.5 Å². The molecule has 2 aromatic rings. The first-order chi connectivity index (χ1) is 9.82. The summed E-state index contributed by atoms with van der Waals surface area (Å²) in [6.45, 7) is 0. The molecule has 0 fully saturated rings. The number of halogens is 6. The summed E-state index contributed by atoms with van der Waals surface area (Å²) >= 11 is 8.66. The van der Waals surface area contributed by atoms with Crippen LogP contribution >= 0.6 is 27.5 Å². The van der Waals surface area contributed by atoms with Gasteiger partial charge >= 0.3 is 6.18 Å². The number of alkyl halides is 4. The monoisotopic (exact) mass is 382 g/mol. The van der Waals surface area contributed by atoms with E-state index in [0.717, 1.165) is 12.1 Å². The van der Waals surface area contributed by atoms with Gasteiger partial charge in [0.05, 0.1) is 10.6 Å². The lowest BCUT2D eigenvalue weighted by atomic mass is 10.1. The lowest BCUT2D eigenvalue weighted by molar-refractivity contribution is -0.138. The fraction of sp³-hybridized carbons (Fsp3) is 0.143. The molecule has 0 N–H and O–H groups in total. The molecular formula is C14H8BrClF4O. The van der Waals surface area contributed by atoms with Crippen LogP contribution in [0.4, 0.5) is 17.6 Å². The zero-order valence-electron chi connectivity index (χ0n) is 10.3. The molecule has 7 heteroatoms. The molecule has 0 unspecified atom stereocenters. The third-order valence-corrected chi connectivity index (χ3v) is 3.58. The molecule has 0 aliphatic carbocycles. The van der Waals surface area contributed by atoms with E-state index in [9.17, 15) is 17.6 Å². The van der Waals surface area contributed by atoms with E-state index in [2.05, 4.69) is 15.9 Å². The summed E-state index contributed by atoms with van der Waals surface area (Å²) in [6.07, 6.45) is -4.61. The van der Waals surface area contributed by atoms with E-state index in [0.29, 0.717) is 5.56 Å².